The highest BCUT2D eigenvalue weighted by molar-refractivity contribution is 5.86. The third kappa shape index (κ3) is 1.31. The lowest BCUT2D eigenvalue weighted by Crippen LogP contribution is -2.00. The Morgan fingerprint density at radius 3 is 2.60 bits per heavy atom. The van der Waals surface area contributed by atoms with Crippen molar-refractivity contribution < 1.29 is 14.6 Å². The molecule has 0 aliphatic carbocycles. The highest BCUT2D eigenvalue weighted by Gasteiger charge is 2.33. The maximum Gasteiger partial charge on any atom is 0.165 e. The third-order valence-electron chi connectivity index (χ3n) is 4.03. The molecular formula is C14H15N3O3. The number of fused-ring (bicyclic) bond motifs is 2. The van der Waals surface area contributed by atoms with Gasteiger partial charge in [-0.15, -0.1) is 0 Å². The Morgan fingerprint density at radius 2 is 1.90 bits per heavy atom. The summed E-state index contributed by atoms with van der Waals surface area (Å²) in [5, 5.41) is 14.5. The highest BCUT2D eigenvalue weighted by Crippen LogP contribution is 2.52. The molecule has 3 N–H and O–H groups in total. The number of phenols is 1. The van der Waals surface area contributed by atoms with Crippen molar-refractivity contribution in [2.24, 2.45) is 7.05 Å². The highest BCUT2D eigenvalue weighted by atomic mass is 16.5. The molecule has 0 radical (unpaired) electrons. The molecule has 0 fully saturated rings. The van der Waals surface area contributed by atoms with E-state index in [4.69, 9.17) is 15.2 Å². The van der Waals surface area contributed by atoms with Crippen LogP contribution in [-0.4, -0.2) is 28.1 Å². The molecule has 6 nitrogen and oxygen atoms in total. The van der Waals surface area contributed by atoms with Crippen molar-refractivity contribution in [1.82, 2.24) is 9.78 Å². The van der Waals surface area contributed by atoms with Crippen molar-refractivity contribution in [2.45, 2.75) is 12.8 Å². The summed E-state index contributed by atoms with van der Waals surface area (Å²) >= 11 is 0. The van der Waals surface area contributed by atoms with Gasteiger partial charge in [0.1, 0.15) is 11.6 Å². The molecular weight excluding hydrogens is 258 g/mol. The fourth-order valence-electron chi connectivity index (χ4n) is 3.01. The minimum Gasteiger partial charge on any atom is -0.504 e. The van der Waals surface area contributed by atoms with Gasteiger partial charge in [0.2, 0.25) is 0 Å². The lowest BCUT2D eigenvalue weighted by Gasteiger charge is -2.14. The second kappa shape index (κ2) is 3.82. The predicted octanol–water partition coefficient (Wildman–Crippen LogP) is 1.24. The summed E-state index contributed by atoms with van der Waals surface area (Å²) < 4.78 is 13.0. The largest absolute Gasteiger partial charge is 0.504 e. The fourth-order valence-corrected chi connectivity index (χ4v) is 3.01. The standard InChI is InChI=1S/C14H15N3O3/c1-17-14(15)9(6-16-17)10-7-2-4-20-13(7)11(18)8-3-5-19-12(8)10/h6,18H,2-5,15H2,1H3. The van der Waals surface area contributed by atoms with Gasteiger partial charge in [-0.3, -0.25) is 4.68 Å². The zero-order valence-corrected chi connectivity index (χ0v) is 11.1. The van der Waals surface area contributed by atoms with E-state index in [-0.39, 0.29) is 5.75 Å². The molecule has 1 aromatic heterocycles. The summed E-state index contributed by atoms with van der Waals surface area (Å²) in [6, 6.07) is 0. The molecule has 0 bridgehead atoms. The minimum atomic E-state index is 0.219. The first-order valence-corrected chi connectivity index (χ1v) is 6.62. The van der Waals surface area contributed by atoms with Crippen LogP contribution in [0.1, 0.15) is 11.1 Å². The number of ether oxygens (including phenoxy) is 2. The molecule has 3 heterocycles. The number of anilines is 1. The van der Waals surface area contributed by atoms with Gasteiger partial charge < -0.3 is 20.3 Å². The smallest absolute Gasteiger partial charge is 0.165 e. The third-order valence-corrected chi connectivity index (χ3v) is 4.03. The van der Waals surface area contributed by atoms with Gasteiger partial charge in [0, 0.05) is 42.1 Å². The Kier molecular flexibility index (Phi) is 2.19. The molecule has 20 heavy (non-hydrogen) atoms. The predicted molar refractivity (Wildman–Crippen MR) is 73.1 cm³/mol. The van der Waals surface area contributed by atoms with Gasteiger partial charge in [-0.25, -0.2) is 0 Å². The monoisotopic (exact) mass is 273 g/mol. The number of nitrogens with two attached hydrogens (primary N) is 1. The average Bonchev–Trinajstić information content (AvgIpc) is 3.14. The number of phenolic OH excluding ortho intramolecular Hbond substituents is 1. The quantitative estimate of drug-likeness (QED) is 0.817. The van der Waals surface area contributed by atoms with Crippen molar-refractivity contribution in [3.63, 3.8) is 0 Å². The Morgan fingerprint density at radius 1 is 1.20 bits per heavy atom. The number of aromatic nitrogens is 2. The van der Waals surface area contributed by atoms with Gasteiger partial charge >= 0.3 is 0 Å². The number of aromatic hydroxyl groups is 1. The van der Waals surface area contributed by atoms with Gasteiger partial charge in [-0.05, 0) is 0 Å². The lowest BCUT2D eigenvalue weighted by atomic mass is 9.94. The van der Waals surface area contributed by atoms with Crippen LogP contribution in [0.5, 0.6) is 17.2 Å². The summed E-state index contributed by atoms with van der Waals surface area (Å²) in [6.45, 7) is 1.14. The molecule has 0 spiro atoms. The molecule has 2 aliphatic heterocycles. The van der Waals surface area contributed by atoms with E-state index in [1.165, 1.54) is 0 Å². The molecule has 4 rings (SSSR count). The number of hydrogen-bond acceptors (Lipinski definition) is 5. The molecule has 6 heteroatoms. The Bertz CT molecular complexity index is 686. The number of rotatable bonds is 1. The van der Waals surface area contributed by atoms with Gasteiger partial charge in [0.25, 0.3) is 0 Å². The zero-order chi connectivity index (χ0) is 13.9. The Labute approximate surface area is 115 Å². The van der Waals surface area contributed by atoms with Crippen LogP contribution in [0, 0.1) is 0 Å². The molecule has 0 saturated heterocycles. The van der Waals surface area contributed by atoms with E-state index in [9.17, 15) is 5.11 Å². The minimum absolute atomic E-state index is 0.219. The van der Waals surface area contributed by atoms with Crippen molar-refractivity contribution in [3.8, 4) is 28.4 Å². The topological polar surface area (TPSA) is 82.5 Å². The van der Waals surface area contributed by atoms with Crippen LogP contribution in [0.15, 0.2) is 6.20 Å². The number of aryl methyl sites for hydroxylation is 1. The molecule has 0 unspecified atom stereocenters. The van der Waals surface area contributed by atoms with E-state index in [1.54, 1.807) is 17.9 Å². The number of hydrogen-bond donors (Lipinski definition) is 2. The maximum absolute atomic E-state index is 10.3. The summed E-state index contributed by atoms with van der Waals surface area (Å²) in [7, 11) is 1.80. The summed E-state index contributed by atoms with van der Waals surface area (Å²) in [6.07, 6.45) is 3.16. The van der Waals surface area contributed by atoms with Crippen molar-refractivity contribution in [3.05, 3.63) is 17.3 Å². The van der Waals surface area contributed by atoms with Crippen LogP contribution in [0.3, 0.4) is 0 Å². The molecule has 0 saturated carbocycles. The Hall–Kier alpha value is -2.37. The van der Waals surface area contributed by atoms with Crippen LogP contribution in [0.2, 0.25) is 0 Å². The normalized spacial score (nSPS) is 15.7. The number of nitrogens with zero attached hydrogens (tertiary/aromatic N) is 2. The first-order valence-electron chi connectivity index (χ1n) is 6.62. The van der Waals surface area contributed by atoms with E-state index in [0.717, 1.165) is 34.4 Å². The molecule has 1 aromatic carbocycles. The maximum atomic E-state index is 10.3. The second-order valence-corrected chi connectivity index (χ2v) is 5.10. The molecule has 0 amide bonds. The number of nitrogen functional groups attached to an aromatic ring is 1. The second-order valence-electron chi connectivity index (χ2n) is 5.10. The van der Waals surface area contributed by atoms with Gasteiger partial charge in [-0.1, -0.05) is 0 Å². The molecule has 2 aromatic rings. The van der Waals surface area contributed by atoms with Crippen LogP contribution in [0.25, 0.3) is 11.1 Å². The van der Waals surface area contributed by atoms with Gasteiger partial charge in [0.15, 0.2) is 11.5 Å². The number of benzene rings is 1. The zero-order valence-electron chi connectivity index (χ0n) is 11.1. The van der Waals surface area contributed by atoms with E-state index in [1.807, 2.05) is 0 Å². The van der Waals surface area contributed by atoms with E-state index >= 15 is 0 Å². The molecule has 2 aliphatic rings. The van der Waals surface area contributed by atoms with Crippen LogP contribution >= 0.6 is 0 Å². The fraction of sp³-hybridized carbons (Fsp3) is 0.357. The van der Waals surface area contributed by atoms with E-state index in [0.29, 0.717) is 31.2 Å². The summed E-state index contributed by atoms with van der Waals surface area (Å²) in [5.41, 5.74) is 9.64. The van der Waals surface area contributed by atoms with E-state index < -0.39 is 0 Å². The van der Waals surface area contributed by atoms with Crippen LogP contribution < -0.4 is 15.2 Å². The summed E-state index contributed by atoms with van der Waals surface area (Å²) in [4.78, 5) is 0. The van der Waals surface area contributed by atoms with Crippen molar-refractivity contribution in [1.29, 1.82) is 0 Å². The first-order chi connectivity index (χ1) is 9.68. The lowest BCUT2D eigenvalue weighted by molar-refractivity contribution is 0.333. The Balaban J connectivity index is 2.07. The van der Waals surface area contributed by atoms with Crippen molar-refractivity contribution in [2.75, 3.05) is 18.9 Å². The SMILES string of the molecule is Cn1ncc(-c2c3c(c(O)c4c2OCC4)OCC3)c1N. The van der Waals surface area contributed by atoms with Crippen LogP contribution in [-0.2, 0) is 19.9 Å². The average molecular weight is 273 g/mol. The van der Waals surface area contributed by atoms with E-state index in [2.05, 4.69) is 5.10 Å². The van der Waals surface area contributed by atoms with Crippen LogP contribution in [0.4, 0.5) is 5.82 Å². The van der Waals surface area contributed by atoms with Crippen molar-refractivity contribution >= 4 is 5.82 Å². The molecule has 0 atom stereocenters. The van der Waals surface area contributed by atoms with Gasteiger partial charge in [0.05, 0.1) is 19.4 Å². The first kappa shape index (κ1) is 11.5. The van der Waals surface area contributed by atoms with Gasteiger partial charge in [-0.2, -0.15) is 5.10 Å². The molecule has 104 valence electrons. The summed E-state index contributed by atoms with van der Waals surface area (Å²) in [5.74, 6) is 2.11.